The van der Waals surface area contributed by atoms with Crippen molar-refractivity contribution in [2.75, 3.05) is 13.6 Å². The van der Waals surface area contributed by atoms with Crippen molar-refractivity contribution in [3.63, 3.8) is 0 Å². The second-order valence-corrected chi connectivity index (χ2v) is 8.85. The largest absolute Gasteiger partial charge is 0.316 e. The smallest absolute Gasteiger partial charge is 0.241 e. The van der Waals surface area contributed by atoms with Crippen molar-refractivity contribution in [2.45, 2.75) is 39.1 Å². The van der Waals surface area contributed by atoms with E-state index in [1.807, 2.05) is 13.1 Å². The summed E-state index contributed by atoms with van der Waals surface area (Å²) in [7, 11) is -1.69. The van der Waals surface area contributed by atoms with Gasteiger partial charge in [-0.3, -0.25) is 0 Å². The van der Waals surface area contributed by atoms with E-state index in [4.69, 9.17) is 0 Å². The van der Waals surface area contributed by atoms with E-state index in [1.165, 1.54) is 0 Å². The molecule has 0 aliphatic heterocycles. The fourth-order valence-corrected chi connectivity index (χ4v) is 3.87. The third-order valence-corrected chi connectivity index (χ3v) is 6.34. The van der Waals surface area contributed by atoms with Crippen LogP contribution in [0, 0.1) is 11.3 Å². The zero-order valence-corrected chi connectivity index (χ0v) is 15.7. The van der Waals surface area contributed by atoms with E-state index in [2.05, 4.69) is 53.7 Å². The second kappa shape index (κ2) is 7.22. The Bertz CT molecular complexity index is 583. The van der Waals surface area contributed by atoms with E-state index < -0.39 is 10.0 Å². The summed E-state index contributed by atoms with van der Waals surface area (Å²) in [4.78, 5) is 0.287. The van der Waals surface area contributed by atoms with E-state index >= 15 is 0 Å². The molecule has 0 fully saturated rings. The number of benzene rings is 1. The topological polar surface area (TPSA) is 58.2 Å². The lowest BCUT2D eigenvalue weighted by Gasteiger charge is -2.29. The Morgan fingerprint density at radius 2 is 1.90 bits per heavy atom. The molecule has 21 heavy (non-hydrogen) atoms. The lowest BCUT2D eigenvalue weighted by atomic mass is 9.81. The lowest BCUT2D eigenvalue weighted by molar-refractivity contribution is 0.252. The van der Waals surface area contributed by atoms with Gasteiger partial charge >= 0.3 is 0 Å². The molecule has 0 aliphatic carbocycles. The quantitative estimate of drug-likeness (QED) is 0.768. The van der Waals surface area contributed by atoms with Crippen LogP contribution in [0.4, 0.5) is 0 Å². The highest BCUT2D eigenvalue weighted by Gasteiger charge is 2.26. The highest BCUT2D eigenvalue weighted by molar-refractivity contribution is 9.10. The van der Waals surface area contributed by atoms with Gasteiger partial charge in [0.05, 0.1) is 4.90 Å². The molecule has 0 aliphatic rings. The first kappa shape index (κ1) is 18.6. The predicted molar refractivity (Wildman–Crippen MR) is 90.7 cm³/mol. The molecule has 0 amide bonds. The van der Waals surface area contributed by atoms with Crippen molar-refractivity contribution in [3.8, 4) is 0 Å². The molecule has 1 aromatic carbocycles. The Kier molecular flexibility index (Phi) is 6.40. The molecule has 0 bridgehead atoms. The fourth-order valence-electron chi connectivity index (χ4n) is 1.63. The van der Waals surface area contributed by atoms with Gasteiger partial charge in [-0.25, -0.2) is 13.1 Å². The summed E-state index contributed by atoms with van der Waals surface area (Å²) in [5.74, 6) is 0.388. The maximum absolute atomic E-state index is 12.5. The van der Waals surface area contributed by atoms with E-state index in [9.17, 15) is 8.42 Å². The lowest BCUT2D eigenvalue weighted by Crippen LogP contribution is -2.37. The highest BCUT2D eigenvalue weighted by atomic mass is 79.9. The van der Waals surface area contributed by atoms with Gasteiger partial charge in [0.1, 0.15) is 0 Å². The van der Waals surface area contributed by atoms with Crippen molar-refractivity contribution in [1.29, 1.82) is 0 Å². The molecule has 0 aromatic heterocycles. The van der Waals surface area contributed by atoms with Crippen LogP contribution in [-0.4, -0.2) is 22.0 Å². The van der Waals surface area contributed by atoms with Gasteiger partial charge in [0, 0.05) is 17.6 Å². The zero-order chi connectivity index (χ0) is 16.3. The Labute approximate surface area is 136 Å². The van der Waals surface area contributed by atoms with Crippen molar-refractivity contribution in [2.24, 2.45) is 11.3 Å². The summed E-state index contributed by atoms with van der Waals surface area (Å²) >= 11 is 3.33. The van der Waals surface area contributed by atoms with Gasteiger partial charge in [0.25, 0.3) is 0 Å². The number of hydrogen-bond donors (Lipinski definition) is 2. The molecule has 0 saturated carbocycles. The predicted octanol–water partition coefficient (Wildman–Crippen LogP) is 3.13. The van der Waals surface area contributed by atoms with Gasteiger partial charge < -0.3 is 5.32 Å². The van der Waals surface area contributed by atoms with Crippen LogP contribution in [0.15, 0.2) is 27.6 Å². The van der Waals surface area contributed by atoms with E-state index in [0.717, 1.165) is 5.56 Å². The number of halogens is 1. The number of rotatable bonds is 7. The summed E-state index contributed by atoms with van der Waals surface area (Å²) in [6, 6.07) is 5.37. The van der Waals surface area contributed by atoms with Crippen LogP contribution in [0.1, 0.15) is 33.3 Å². The van der Waals surface area contributed by atoms with Crippen LogP contribution < -0.4 is 10.0 Å². The first-order valence-electron chi connectivity index (χ1n) is 7.03. The summed E-state index contributed by atoms with van der Waals surface area (Å²) < 4.78 is 28.3. The summed E-state index contributed by atoms with van der Waals surface area (Å²) in [5, 5.41) is 3.02. The molecular weight excluding hydrogens is 352 g/mol. The molecule has 0 radical (unpaired) electrons. The molecule has 0 unspecified atom stereocenters. The summed E-state index contributed by atoms with van der Waals surface area (Å²) in [6.07, 6.45) is 0. The Morgan fingerprint density at radius 1 is 1.29 bits per heavy atom. The van der Waals surface area contributed by atoms with Gasteiger partial charge in [0.2, 0.25) is 10.0 Å². The Balaban J connectivity index is 3.00. The van der Waals surface area contributed by atoms with Gasteiger partial charge in [-0.2, -0.15) is 0 Å². The first-order chi connectivity index (χ1) is 9.60. The Hall–Kier alpha value is -0.430. The molecule has 4 nitrogen and oxygen atoms in total. The van der Waals surface area contributed by atoms with Crippen LogP contribution in [0.2, 0.25) is 0 Å². The Morgan fingerprint density at radius 3 is 2.43 bits per heavy atom. The number of sulfonamides is 1. The van der Waals surface area contributed by atoms with Crippen molar-refractivity contribution >= 4 is 26.0 Å². The van der Waals surface area contributed by atoms with E-state index in [-0.39, 0.29) is 10.3 Å². The normalized spacial score (nSPS) is 12.9. The average Bonchev–Trinajstić information content (AvgIpc) is 2.39. The number of hydrogen-bond acceptors (Lipinski definition) is 3. The second-order valence-electron chi connectivity index (χ2n) is 6.26. The van der Waals surface area contributed by atoms with Crippen LogP contribution in [0.5, 0.6) is 0 Å². The van der Waals surface area contributed by atoms with E-state index in [1.54, 1.807) is 12.1 Å². The minimum Gasteiger partial charge on any atom is -0.316 e. The first-order valence-corrected chi connectivity index (χ1v) is 9.30. The van der Waals surface area contributed by atoms with Crippen molar-refractivity contribution in [1.82, 2.24) is 10.0 Å². The maximum atomic E-state index is 12.5. The molecule has 1 aromatic rings. The number of nitrogens with one attached hydrogen (secondary N) is 2. The minimum absolute atomic E-state index is 0.0951. The average molecular weight is 377 g/mol. The van der Waals surface area contributed by atoms with Gasteiger partial charge in [-0.15, -0.1) is 0 Å². The third kappa shape index (κ3) is 5.06. The van der Waals surface area contributed by atoms with Gasteiger partial charge in [-0.1, -0.05) is 33.8 Å². The molecule has 0 saturated heterocycles. The minimum atomic E-state index is -3.52. The third-order valence-electron chi connectivity index (χ3n) is 3.95. The molecule has 2 N–H and O–H groups in total. The fraction of sp³-hybridized carbons (Fsp3) is 0.600. The van der Waals surface area contributed by atoms with Crippen LogP contribution in [0.3, 0.4) is 0 Å². The molecular formula is C15H25BrN2O2S. The van der Waals surface area contributed by atoms with Crippen LogP contribution in [0.25, 0.3) is 0 Å². The maximum Gasteiger partial charge on any atom is 0.241 e. The zero-order valence-electron chi connectivity index (χ0n) is 13.3. The molecule has 0 spiro atoms. The van der Waals surface area contributed by atoms with Gasteiger partial charge in [-0.05, 0) is 52.0 Å². The highest BCUT2D eigenvalue weighted by Crippen LogP contribution is 2.27. The van der Waals surface area contributed by atoms with Crippen molar-refractivity contribution in [3.05, 3.63) is 28.2 Å². The van der Waals surface area contributed by atoms with E-state index in [0.29, 0.717) is 23.5 Å². The SMILES string of the molecule is CNCc1ccc(Br)c(S(=O)(=O)NCC(C)(C)C(C)C)c1. The van der Waals surface area contributed by atoms with Crippen LogP contribution >= 0.6 is 15.9 Å². The van der Waals surface area contributed by atoms with Gasteiger partial charge in [0.15, 0.2) is 0 Å². The molecule has 120 valence electrons. The van der Waals surface area contributed by atoms with Crippen molar-refractivity contribution < 1.29 is 8.42 Å². The molecule has 1 rings (SSSR count). The molecule has 0 heterocycles. The standard InChI is InChI=1S/C15H25BrN2O2S/c1-11(2)15(3,4)10-18-21(19,20)14-8-12(9-17-5)6-7-13(14)16/h6-8,11,17-18H,9-10H2,1-5H3. The monoisotopic (exact) mass is 376 g/mol. The van der Waals surface area contributed by atoms with Crippen LogP contribution in [-0.2, 0) is 16.6 Å². The molecule has 6 heteroatoms. The summed E-state index contributed by atoms with van der Waals surface area (Å²) in [5.41, 5.74) is 0.839. The summed E-state index contributed by atoms with van der Waals surface area (Å²) in [6.45, 7) is 9.36. The molecule has 0 atom stereocenters.